The Kier molecular flexibility index (Phi) is 4.54. The molecule has 110 valence electrons. The van der Waals surface area contributed by atoms with Crippen molar-refractivity contribution in [2.24, 2.45) is 11.1 Å². The van der Waals surface area contributed by atoms with Crippen LogP contribution in [0.15, 0.2) is 24.3 Å². The van der Waals surface area contributed by atoms with Crippen LogP contribution in [0.25, 0.3) is 0 Å². The third-order valence-corrected chi connectivity index (χ3v) is 3.58. The van der Waals surface area contributed by atoms with Crippen molar-refractivity contribution in [3.63, 3.8) is 0 Å². The predicted molar refractivity (Wildman–Crippen MR) is 70.7 cm³/mol. The van der Waals surface area contributed by atoms with Gasteiger partial charge in [0, 0.05) is 12.1 Å². The third-order valence-electron chi connectivity index (χ3n) is 3.58. The molecule has 1 aliphatic rings. The summed E-state index contributed by atoms with van der Waals surface area (Å²) in [7, 11) is 0. The molecule has 2 rings (SSSR count). The van der Waals surface area contributed by atoms with Gasteiger partial charge in [0.25, 0.3) is 5.91 Å². The van der Waals surface area contributed by atoms with E-state index in [1.54, 1.807) is 6.07 Å². The van der Waals surface area contributed by atoms with E-state index < -0.39 is 6.61 Å². The number of ether oxygens (including phenoxy) is 1. The summed E-state index contributed by atoms with van der Waals surface area (Å²) in [6, 6.07) is 5.78. The highest BCUT2D eigenvalue weighted by molar-refractivity contribution is 5.94. The number of hydrogen-bond acceptors (Lipinski definition) is 3. The van der Waals surface area contributed by atoms with Crippen LogP contribution in [0.3, 0.4) is 0 Å². The summed E-state index contributed by atoms with van der Waals surface area (Å²) >= 11 is 0. The zero-order chi connectivity index (χ0) is 14.6. The second-order valence-electron chi connectivity index (χ2n) is 5.13. The van der Waals surface area contributed by atoms with Gasteiger partial charge in [0.2, 0.25) is 0 Å². The average Bonchev–Trinajstić information content (AvgIpc) is 3.16. The van der Waals surface area contributed by atoms with Gasteiger partial charge in [-0.15, -0.1) is 0 Å². The molecule has 0 aromatic heterocycles. The highest BCUT2D eigenvalue weighted by atomic mass is 19.3. The highest BCUT2D eigenvalue weighted by Gasteiger charge is 2.41. The molecule has 6 heteroatoms. The zero-order valence-corrected chi connectivity index (χ0v) is 11.1. The van der Waals surface area contributed by atoms with Crippen LogP contribution < -0.4 is 15.8 Å². The summed E-state index contributed by atoms with van der Waals surface area (Å²) in [6.45, 7) is -1.72. The Morgan fingerprint density at radius 2 is 2.20 bits per heavy atom. The number of halogens is 2. The lowest BCUT2D eigenvalue weighted by atomic mass is 10.0. The SMILES string of the molecule is NCCC1(CNC(=O)c2cccc(OC(F)F)c2)CC1. The van der Waals surface area contributed by atoms with E-state index >= 15 is 0 Å². The van der Waals surface area contributed by atoms with Crippen LogP contribution in [0.2, 0.25) is 0 Å². The molecule has 0 heterocycles. The Balaban J connectivity index is 1.92. The smallest absolute Gasteiger partial charge is 0.387 e. The number of alkyl halides is 2. The van der Waals surface area contributed by atoms with E-state index in [2.05, 4.69) is 10.1 Å². The average molecular weight is 284 g/mol. The van der Waals surface area contributed by atoms with E-state index in [1.165, 1.54) is 18.2 Å². The fourth-order valence-electron chi connectivity index (χ4n) is 2.18. The maximum absolute atomic E-state index is 12.1. The van der Waals surface area contributed by atoms with Gasteiger partial charge in [-0.25, -0.2) is 0 Å². The second-order valence-corrected chi connectivity index (χ2v) is 5.13. The number of nitrogens with two attached hydrogens (primary N) is 1. The standard InChI is InChI=1S/C14H18F2N2O2/c15-13(16)20-11-3-1-2-10(8-11)12(19)18-9-14(4-5-14)6-7-17/h1-3,8,13H,4-7,9,17H2,(H,18,19). The monoisotopic (exact) mass is 284 g/mol. The van der Waals surface area contributed by atoms with Crippen molar-refractivity contribution in [1.29, 1.82) is 0 Å². The molecule has 4 nitrogen and oxygen atoms in total. The van der Waals surface area contributed by atoms with Crippen molar-refractivity contribution < 1.29 is 18.3 Å². The summed E-state index contributed by atoms with van der Waals surface area (Å²) in [5, 5.41) is 2.83. The molecule has 0 unspecified atom stereocenters. The molecule has 1 aromatic carbocycles. The number of rotatable bonds is 7. The first kappa shape index (κ1) is 14.7. The summed E-state index contributed by atoms with van der Waals surface area (Å²) in [5.41, 5.74) is 5.99. The number of benzene rings is 1. The normalized spacial score (nSPS) is 16.0. The number of carbonyl (C=O) groups is 1. The zero-order valence-electron chi connectivity index (χ0n) is 11.1. The van der Waals surface area contributed by atoms with Crippen molar-refractivity contribution >= 4 is 5.91 Å². The minimum Gasteiger partial charge on any atom is -0.435 e. The Morgan fingerprint density at radius 1 is 1.45 bits per heavy atom. The fourth-order valence-corrected chi connectivity index (χ4v) is 2.18. The predicted octanol–water partition coefficient (Wildman–Crippen LogP) is 2.15. The lowest BCUT2D eigenvalue weighted by Gasteiger charge is -2.15. The molecule has 1 fully saturated rings. The maximum atomic E-state index is 12.1. The maximum Gasteiger partial charge on any atom is 0.387 e. The number of hydrogen-bond donors (Lipinski definition) is 2. The Hall–Kier alpha value is -1.69. The Bertz CT molecular complexity index is 476. The van der Waals surface area contributed by atoms with Crippen molar-refractivity contribution in [2.45, 2.75) is 25.9 Å². The lowest BCUT2D eigenvalue weighted by Crippen LogP contribution is -2.31. The van der Waals surface area contributed by atoms with Crippen molar-refractivity contribution in [3.05, 3.63) is 29.8 Å². The number of nitrogens with one attached hydrogen (secondary N) is 1. The topological polar surface area (TPSA) is 64.3 Å². The Labute approximate surface area is 116 Å². The van der Waals surface area contributed by atoms with Crippen LogP contribution in [-0.2, 0) is 0 Å². The van der Waals surface area contributed by atoms with Gasteiger partial charge in [0.05, 0.1) is 0 Å². The summed E-state index contributed by atoms with van der Waals surface area (Å²) < 4.78 is 28.5. The first-order valence-electron chi connectivity index (χ1n) is 6.58. The quantitative estimate of drug-likeness (QED) is 0.806. The lowest BCUT2D eigenvalue weighted by molar-refractivity contribution is -0.0498. The molecule has 1 aliphatic carbocycles. The van der Waals surface area contributed by atoms with Crippen LogP contribution in [0, 0.1) is 5.41 Å². The highest BCUT2D eigenvalue weighted by Crippen LogP contribution is 2.47. The fraction of sp³-hybridized carbons (Fsp3) is 0.500. The van der Waals surface area contributed by atoms with Gasteiger partial charge >= 0.3 is 6.61 Å². The summed E-state index contributed by atoms with van der Waals surface area (Å²) in [4.78, 5) is 12.0. The van der Waals surface area contributed by atoms with E-state index in [0.717, 1.165) is 19.3 Å². The molecule has 0 bridgehead atoms. The van der Waals surface area contributed by atoms with Crippen LogP contribution >= 0.6 is 0 Å². The van der Waals surface area contributed by atoms with E-state index in [1.807, 2.05) is 0 Å². The van der Waals surface area contributed by atoms with E-state index in [0.29, 0.717) is 18.7 Å². The van der Waals surface area contributed by atoms with E-state index in [4.69, 9.17) is 5.73 Å². The van der Waals surface area contributed by atoms with E-state index in [9.17, 15) is 13.6 Å². The summed E-state index contributed by atoms with van der Waals surface area (Å²) in [5.74, 6) is -0.302. The van der Waals surface area contributed by atoms with Crippen LogP contribution in [0.4, 0.5) is 8.78 Å². The number of carbonyl (C=O) groups excluding carboxylic acids is 1. The molecule has 1 saturated carbocycles. The van der Waals surface area contributed by atoms with Gasteiger partial charge in [0.1, 0.15) is 5.75 Å². The van der Waals surface area contributed by atoms with Gasteiger partial charge in [0.15, 0.2) is 0 Å². The van der Waals surface area contributed by atoms with Crippen molar-refractivity contribution in [2.75, 3.05) is 13.1 Å². The van der Waals surface area contributed by atoms with Gasteiger partial charge in [-0.05, 0) is 49.4 Å². The van der Waals surface area contributed by atoms with Crippen molar-refractivity contribution in [1.82, 2.24) is 5.32 Å². The summed E-state index contributed by atoms with van der Waals surface area (Å²) in [6.07, 6.45) is 3.03. The van der Waals surface area contributed by atoms with Gasteiger partial charge in [-0.1, -0.05) is 6.07 Å². The molecule has 0 radical (unpaired) electrons. The molecular formula is C14H18F2N2O2. The largest absolute Gasteiger partial charge is 0.435 e. The molecule has 1 aromatic rings. The van der Waals surface area contributed by atoms with Gasteiger partial charge in [-0.3, -0.25) is 4.79 Å². The molecule has 1 amide bonds. The third kappa shape index (κ3) is 3.90. The second kappa shape index (κ2) is 6.17. The minimum atomic E-state index is -2.90. The van der Waals surface area contributed by atoms with Gasteiger partial charge < -0.3 is 15.8 Å². The number of amides is 1. The molecule has 0 aliphatic heterocycles. The molecule has 0 atom stereocenters. The van der Waals surface area contributed by atoms with Crippen LogP contribution in [-0.4, -0.2) is 25.6 Å². The molecule has 0 spiro atoms. The molecule has 20 heavy (non-hydrogen) atoms. The van der Waals surface area contributed by atoms with Crippen molar-refractivity contribution in [3.8, 4) is 5.75 Å². The van der Waals surface area contributed by atoms with Crippen LogP contribution in [0.1, 0.15) is 29.6 Å². The van der Waals surface area contributed by atoms with Crippen LogP contribution in [0.5, 0.6) is 5.75 Å². The van der Waals surface area contributed by atoms with Gasteiger partial charge in [-0.2, -0.15) is 8.78 Å². The Morgan fingerprint density at radius 3 is 2.80 bits per heavy atom. The molecule has 3 N–H and O–H groups in total. The first-order chi connectivity index (χ1) is 9.54. The minimum absolute atomic E-state index is 0.0178. The molecule has 0 saturated heterocycles. The first-order valence-corrected chi connectivity index (χ1v) is 6.58. The molecular weight excluding hydrogens is 266 g/mol. The van der Waals surface area contributed by atoms with E-state index in [-0.39, 0.29) is 17.1 Å².